The molecule has 1 N–H and O–H groups in total. The third-order valence-corrected chi connectivity index (χ3v) is 2.84. The van der Waals surface area contributed by atoms with Gasteiger partial charge in [0, 0.05) is 26.2 Å². The van der Waals surface area contributed by atoms with Gasteiger partial charge in [-0.3, -0.25) is 0 Å². The highest BCUT2D eigenvalue weighted by Crippen LogP contribution is 2.20. The molecule has 1 aliphatic rings. The Hall–Kier alpha value is -1.40. The van der Waals surface area contributed by atoms with Crippen molar-refractivity contribution in [2.75, 3.05) is 37.7 Å². The average Bonchev–Trinajstić information content (AvgIpc) is 2.40. The summed E-state index contributed by atoms with van der Waals surface area (Å²) in [5, 5.41) is 11.3. The second kappa shape index (κ2) is 5.97. The van der Waals surface area contributed by atoms with Crippen molar-refractivity contribution in [3.8, 4) is 0 Å². The lowest BCUT2D eigenvalue weighted by Crippen LogP contribution is -2.44. The summed E-state index contributed by atoms with van der Waals surface area (Å²) >= 11 is 5.79. The highest BCUT2D eigenvalue weighted by molar-refractivity contribution is 6.29. The van der Waals surface area contributed by atoms with Crippen LogP contribution >= 0.6 is 11.6 Å². The highest BCUT2D eigenvalue weighted by Gasteiger charge is 2.21. The number of halogens is 1. The number of anilines is 1. The monoisotopic (exact) mass is 270 g/mol. The van der Waals surface area contributed by atoms with Crippen LogP contribution in [0.2, 0.25) is 5.15 Å². The molecule has 0 spiro atoms. The Morgan fingerprint density at radius 2 is 2.22 bits per heavy atom. The predicted octanol–water partition coefficient (Wildman–Crippen LogP) is 0.716. The van der Waals surface area contributed by atoms with Crippen molar-refractivity contribution in [3.05, 3.63) is 16.8 Å². The SMILES string of the molecule is CCOC(=O)c1cc(Cl)nnc1N1CCNCC1. The minimum Gasteiger partial charge on any atom is -0.462 e. The molecule has 0 bridgehead atoms. The van der Waals surface area contributed by atoms with E-state index in [2.05, 4.69) is 15.5 Å². The molecular weight excluding hydrogens is 256 g/mol. The summed E-state index contributed by atoms with van der Waals surface area (Å²) in [7, 11) is 0. The van der Waals surface area contributed by atoms with Gasteiger partial charge in [0.1, 0.15) is 5.56 Å². The van der Waals surface area contributed by atoms with Gasteiger partial charge >= 0.3 is 5.97 Å². The van der Waals surface area contributed by atoms with Crippen LogP contribution in [0.15, 0.2) is 6.07 Å². The van der Waals surface area contributed by atoms with E-state index in [1.165, 1.54) is 6.07 Å². The summed E-state index contributed by atoms with van der Waals surface area (Å²) in [6.45, 7) is 5.35. The zero-order valence-corrected chi connectivity index (χ0v) is 10.9. The van der Waals surface area contributed by atoms with Crippen LogP contribution in [0.4, 0.5) is 5.82 Å². The number of esters is 1. The minimum absolute atomic E-state index is 0.192. The Balaban J connectivity index is 2.30. The number of hydrogen-bond donors (Lipinski definition) is 1. The molecule has 0 aromatic carbocycles. The van der Waals surface area contributed by atoms with E-state index in [4.69, 9.17) is 16.3 Å². The highest BCUT2D eigenvalue weighted by atomic mass is 35.5. The number of ether oxygens (including phenoxy) is 1. The summed E-state index contributed by atoms with van der Waals surface area (Å²) in [5.74, 6) is 0.127. The van der Waals surface area contributed by atoms with Gasteiger partial charge in [0.15, 0.2) is 11.0 Å². The van der Waals surface area contributed by atoms with E-state index in [0.717, 1.165) is 26.2 Å². The lowest BCUT2D eigenvalue weighted by atomic mass is 10.2. The number of aromatic nitrogens is 2. The lowest BCUT2D eigenvalue weighted by molar-refractivity contribution is 0.0526. The number of carbonyl (C=O) groups excluding carboxylic acids is 1. The third kappa shape index (κ3) is 2.88. The average molecular weight is 271 g/mol. The molecule has 7 heteroatoms. The topological polar surface area (TPSA) is 67.3 Å². The van der Waals surface area contributed by atoms with Crippen LogP contribution in [0.25, 0.3) is 0 Å². The summed E-state index contributed by atoms with van der Waals surface area (Å²) in [6.07, 6.45) is 0. The molecule has 0 atom stereocenters. The first-order valence-electron chi connectivity index (χ1n) is 5.88. The zero-order valence-electron chi connectivity index (χ0n) is 10.1. The van der Waals surface area contributed by atoms with Gasteiger partial charge < -0.3 is 15.0 Å². The third-order valence-electron chi connectivity index (χ3n) is 2.66. The van der Waals surface area contributed by atoms with Crippen LogP contribution in [0.5, 0.6) is 0 Å². The Kier molecular flexibility index (Phi) is 4.33. The molecule has 1 aromatic rings. The van der Waals surface area contributed by atoms with E-state index >= 15 is 0 Å². The number of nitrogens with one attached hydrogen (secondary N) is 1. The van der Waals surface area contributed by atoms with E-state index in [-0.39, 0.29) is 5.15 Å². The molecule has 1 aliphatic heterocycles. The molecule has 1 aromatic heterocycles. The summed E-state index contributed by atoms with van der Waals surface area (Å²) in [5.41, 5.74) is 0.374. The van der Waals surface area contributed by atoms with Crippen molar-refractivity contribution in [1.82, 2.24) is 15.5 Å². The molecule has 98 valence electrons. The molecule has 18 heavy (non-hydrogen) atoms. The molecule has 6 nitrogen and oxygen atoms in total. The van der Waals surface area contributed by atoms with Gasteiger partial charge in [0.25, 0.3) is 0 Å². The maximum atomic E-state index is 11.9. The molecule has 1 fully saturated rings. The predicted molar refractivity (Wildman–Crippen MR) is 68.1 cm³/mol. The van der Waals surface area contributed by atoms with E-state index in [1.807, 2.05) is 4.90 Å². The molecular formula is C11H15ClN4O2. The summed E-state index contributed by atoms with van der Waals surface area (Å²) < 4.78 is 5.01. The number of piperazine rings is 1. The van der Waals surface area contributed by atoms with Gasteiger partial charge in [0.2, 0.25) is 0 Å². The maximum Gasteiger partial charge on any atom is 0.342 e. The van der Waals surface area contributed by atoms with Gasteiger partial charge in [-0.25, -0.2) is 4.79 Å². The first kappa shape index (κ1) is 13.0. The Bertz CT molecular complexity index is 435. The second-order valence-electron chi connectivity index (χ2n) is 3.86. The molecule has 0 aliphatic carbocycles. The number of carbonyl (C=O) groups is 1. The van der Waals surface area contributed by atoms with Gasteiger partial charge in [-0.2, -0.15) is 0 Å². The van der Waals surface area contributed by atoms with Crippen molar-refractivity contribution in [2.24, 2.45) is 0 Å². The van der Waals surface area contributed by atoms with Gasteiger partial charge in [-0.1, -0.05) is 11.6 Å². The summed E-state index contributed by atoms with van der Waals surface area (Å²) in [4.78, 5) is 13.9. The van der Waals surface area contributed by atoms with Crippen LogP contribution in [0.1, 0.15) is 17.3 Å². The van der Waals surface area contributed by atoms with Gasteiger partial charge in [-0.15, -0.1) is 10.2 Å². The fraction of sp³-hybridized carbons (Fsp3) is 0.545. The van der Waals surface area contributed by atoms with Gasteiger partial charge in [-0.05, 0) is 13.0 Å². The van der Waals surface area contributed by atoms with Crippen molar-refractivity contribution in [3.63, 3.8) is 0 Å². The van der Waals surface area contributed by atoms with Gasteiger partial charge in [0.05, 0.1) is 6.61 Å². The smallest absolute Gasteiger partial charge is 0.342 e. The van der Waals surface area contributed by atoms with E-state index in [0.29, 0.717) is 18.0 Å². The first-order chi connectivity index (χ1) is 8.72. The van der Waals surface area contributed by atoms with Crippen LogP contribution in [-0.2, 0) is 4.74 Å². The Morgan fingerprint density at radius 1 is 1.50 bits per heavy atom. The molecule has 0 amide bonds. The van der Waals surface area contributed by atoms with Crippen molar-refractivity contribution in [2.45, 2.75) is 6.92 Å². The molecule has 0 unspecified atom stereocenters. The van der Waals surface area contributed by atoms with Crippen LogP contribution in [0.3, 0.4) is 0 Å². The van der Waals surface area contributed by atoms with Crippen molar-refractivity contribution >= 4 is 23.4 Å². The molecule has 0 radical (unpaired) electrons. The normalized spacial score (nSPS) is 15.6. The molecule has 1 saturated heterocycles. The first-order valence-corrected chi connectivity index (χ1v) is 6.26. The van der Waals surface area contributed by atoms with E-state index < -0.39 is 5.97 Å². The fourth-order valence-electron chi connectivity index (χ4n) is 1.83. The van der Waals surface area contributed by atoms with Crippen LogP contribution in [0, 0.1) is 0 Å². The number of nitrogens with zero attached hydrogens (tertiary/aromatic N) is 3. The second-order valence-corrected chi connectivity index (χ2v) is 4.25. The number of rotatable bonds is 3. The van der Waals surface area contributed by atoms with Crippen LogP contribution in [-0.4, -0.2) is 49.0 Å². The molecule has 2 rings (SSSR count). The quantitative estimate of drug-likeness (QED) is 0.817. The Morgan fingerprint density at radius 3 is 2.89 bits per heavy atom. The lowest BCUT2D eigenvalue weighted by Gasteiger charge is -2.29. The summed E-state index contributed by atoms with van der Waals surface area (Å²) in [6, 6.07) is 1.50. The standard InChI is InChI=1S/C11H15ClN4O2/c1-2-18-11(17)8-7-9(12)14-15-10(8)16-5-3-13-4-6-16/h7,13H,2-6H2,1H3. The van der Waals surface area contributed by atoms with Crippen molar-refractivity contribution in [1.29, 1.82) is 0 Å². The largest absolute Gasteiger partial charge is 0.462 e. The van der Waals surface area contributed by atoms with E-state index in [9.17, 15) is 4.79 Å². The van der Waals surface area contributed by atoms with Crippen LogP contribution < -0.4 is 10.2 Å². The minimum atomic E-state index is -0.414. The molecule has 2 heterocycles. The molecule has 0 saturated carbocycles. The zero-order chi connectivity index (χ0) is 13.0. The van der Waals surface area contributed by atoms with E-state index in [1.54, 1.807) is 6.92 Å². The van der Waals surface area contributed by atoms with Crippen molar-refractivity contribution < 1.29 is 9.53 Å². The maximum absolute atomic E-state index is 11.9. The Labute approximate surface area is 110 Å². The fourth-order valence-corrected chi connectivity index (χ4v) is 1.98. The number of hydrogen-bond acceptors (Lipinski definition) is 6.